The smallest absolute Gasteiger partial charge is 0.350 e. The van der Waals surface area contributed by atoms with Crippen molar-refractivity contribution in [3.63, 3.8) is 0 Å². The lowest BCUT2D eigenvalue weighted by Gasteiger charge is -2.44. The predicted octanol–water partition coefficient (Wildman–Crippen LogP) is 3.38. The zero-order chi connectivity index (χ0) is 20.0. The second-order valence-electron chi connectivity index (χ2n) is 7.43. The van der Waals surface area contributed by atoms with Crippen molar-refractivity contribution >= 4 is 5.82 Å². The average Bonchev–Trinajstić information content (AvgIpc) is 2.66. The maximum absolute atomic E-state index is 13.0. The average molecular weight is 396 g/mol. The van der Waals surface area contributed by atoms with Crippen LogP contribution in [0.25, 0.3) is 0 Å². The molecular weight excluding hydrogens is 374 g/mol. The van der Waals surface area contributed by atoms with E-state index in [-0.39, 0.29) is 30.7 Å². The van der Waals surface area contributed by atoms with Crippen LogP contribution in [0, 0.1) is 0 Å². The largest absolute Gasteiger partial charge is 0.417 e. The van der Waals surface area contributed by atoms with Gasteiger partial charge < -0.3 is 4.90 Å². The fourth-order valence-electron chi connectivity index (χ4n) is 3.79. The lowest BCUT2D eigenvalue weighted by molar-refractivity contribution is -0.148. The Bertz CT molecular complexity index is 672. The molecule has 10 heteroatoms. The molecule has 0 aromatic carbocycles. The number of hydrogen-bond donors (Lipinski definition) is 0. The zero-order valence-electron chi connectivity index (χ0n) is 15.1. The lowest BCUT2D eigenvalue weighted by atomic mass is 10.1. The Labute approximate surface area is 153 Å². The minimum atomic E-state index is -4.58. The highest BCUT2D eigenvalue weighted by Crippen LogP contribution is 2.35. The summed E-state index contributed by atoms with van der Waals surface area (Å²) in [7, 11) is 0. The van der Waals surface area contributed by atoms with E-state index in [1.165, 1.54) is 4.90 Å². The van der Waals surface area contributed by atoms with Gasteiger partial charge in [-0.05, 0) is 19.9 Å². The van der Waals surface area contributed by atoms with Gasteiger partial charge in [-0.25, -0.2) is 4.98 Å². The first kappa shape index (κ1) is 20.2. The van der Waals surface area contributed by atoms with E-state index < -0.39 is 24.5 Å². The van der Waals surface area contributed by atoms with Crippen LogP contribution in [0.2, 0.25) is 0 Å². The summed E-state index contributed by atoms with van der Waals surface area (Å²) in [5.41, 5.74) is -0.748. The molecule has 1 fully saturated rings. The summed E-state index contributed by atoms with van der Waals surface area (Å²) in [4.78, 5) is 9.22. The first-order valence-electron chi connectivity index (χ1n) is 8.80. The third-order valence-electron chi connectivity index (χ3n) is 5.05. The van der Waals surface area contributed by atoms with Crippen LogP contribution < -0.4 is 4.90 Å². The normalized spacial score (nSPS) is 22.6. The summed E-state index contributed by atoms with van der Waals surface area (Å²) >= 11 is 0. The SMILES string of the molecule is CC(C)N1CCN2c3ncc(C(F)(F)F)cc3CN(CC(F)(F)F)C[C@H]2C1. The summed E-state index contributed by atoms with van der Waals surface area (Å²) < 4.78 is 78.1. The molecule has 0 saturated carbocycles. The van der Waals surface area contributed by atoms with Gasteiger partial charge in [-0.3, -0.25) is 9.80 Å². The molecule has 2 aliphatic rings. The van der Waals surface area contributed by atoms with E-state index in [4.69, 9.17) is 0 Å². The molecule has 1 aromatic rings. The number of piperazine rings is 1. The van der Waals surface area contributed by atoms with Crippen LogP contribution in [0.4, 0.5) is 32.2 Å². The highest BCUT2D eigenvalue weighted by Gasteiger charge is 2.39. The van der Waals surface area contributed by atoms with Crippen LogP contribution in [-0.2, 0) is 12.7 Å². The van der Waals surface area contributed by atoms with Crippen molar-refractivity contribution in [3.05, 3.63) is 23.4 Å². The van der Waals surface area contributed by atoms with E-state index in [9.17, 15) is 26.3 Å². The van der Waals surface area contributed by atoms with E-state index in [1.807, 2.05) is 18.7 Å². The highest BCUT2D eigenvalue weighted by molar-refractivity contribution is 5.51. The molecule has 0 unspecified atom stereocenters. The standard InChI is InChI=1S/C17H22F6N4/c1-11(2)26-3-4-27-14(9-26)8-25(10-16(18,19)20)7-12-5-13(17(21,22)23)6-24-15(12)27/h5-6,11,14H,3-4,7-10H2,1-2H3/t14-/m0/s1. The van der Waals surface area contributed by atoms with Crippen molar-refractivity contribution in [2.24, 2.45) is 0 Å². The molecule has 0 N–H and O–H groups in total. The van der Waals surface area contributed by atoms with Crippen molar-refractivity contribution in [2.75, 3.05) is 37.6 Å². The Morgan fingerprint density at radius 2 is 1.81 bits per heavy atom. The summed E-state index contributed by atoms with van der Waals surface area (Å²) in [6, 6.07) is 0.920. The Hall–Kier alpha value is -1.55. The molecule has 0 radical (unpaired) electrons. The summed E-state index contributed by atoms with van der Waals surface area (Å²) in [5, 5.41) is 0. The van der Waals surface area contributed by atoms with Crippen LogP contribution in [0.3, 0.4) is 0 Å². The predicted molar refractivity (Wildman–Crippen MR) is 88.4 cm³/mol. The highest BCUT2D eigenvalue weighted by atomic mass is 19.4. The molecule has 4 nitrogen and oxygen atoms in total. The van der Waals surface area contributed by atoms with Gasteiger partial charge >= 0.3 is 12.4 Å². The number of aromatic nitrogens is 1. The van der Waals surface area contributed by atoms with Crippen molar-refractivity contribution < 1.29 is 26.3 Å². The molecule has 1 saturated heterocycles. The number of rotatable bonds is 2. The van der Waals surface area contributed by atoms with E-state index in [1.54, 1.807) is 0 Å². The topological polar surface area (TPSA) is 22.6 Å². The van der Waals surface area contributed by atoms with Crippen LogP contribution in [0.1, 0.15) is 25.0 Å². The van der Waals surface area contributed by atoms with Crippen LogP contribution in [-0.4, -0.2) is 65.8 Å². The molecule has 0 bridgehead atoms. The monoisotopic (exact) mass is 396 g/mol. The molecule has 3 heterocycles. The number of anilines is 1. The Morgan fingerprint density at radius 3 is 2.41 bits per heavy atom. The van der Waals surface area contributed by atoms with Gasteiger partial charge in [0.05, 0.1) is 18.2 Å². The Balaban J connectivity index is 1.97. The van der Waals surface area contributed by atoms with Crippen LogP contribution in [0.15, 0.2) is 12.3 Å². The number of alkyl halides is 6. The van der Waals surface area contributed by atoms with Crippen molar-refractivity contribution in [1.29, 1.82) is 0 Å². The molecule has 2 aliphatic heterocycles. The minimum Gasteiger partial charge on any atom is -0.350 e. The second kappa shape index (κ2) is 7.12. The molecule has 1 aromatic heterocycles. The molecule has 152 valence electrons. The molecule has 0 spiro atoms. The van der Waals surface area contributed by atoms with Crippen molar-refractivity contribution in [1.82, 2.24) is 14.8 Å². The summed E-state index contributed by atoms with van der Waals surface area (Å²) in [6.45, 7) is 4.55. The maximum Gasteiger partial charge on any atom is 0.417 e. The van der Waals surface area contributed by atoms with Crippen molar-refractivity contribution in [2.45, 2.75) is 44.8 Å². The van der Waals surface area contributed by atoms with E-state index >= 15 is 0 Å². The lowest BCUT2D eigenvalue weighted by Crippen LogP contribution is -2.58. The summed E-state index contributed by atoms with van der Waals surface area (Å²) in [6.07, 6.45) is -8.24. The number of pyridine rings is 1. The first-order valence-corrected chi connectivity index (χ1v) is 8.80. The fourth-order valence-corrected chi connectivity index (χ4v) is 3.79. The molecule has 27 heavy (non-hydrogen) atoms. The first-order chi connectivity index (χ1) is 12.4. The van der Waals surface area contributed by atoms with Gasteiger partial charge in [0, 0.05) is 50.5 Å². The third-order valence-corrected chi connectivity index (χ3v) is 5.05. The number of fused-ring (bicyclic) bond motifs is 3. The van der Waals surface area contributed by atoms with Gasteiger partial charge in [0.15, 0.2) is 0 Å². The van der Waals surface area contributed by atoms with Crippen molar-refractivity contribution in [3.8, 4) is 0 Å². The third kappa shape index (κ3) is 4.66. The second-order valence-corrected chi connectivity index (χ2v) is 7.43. The van der Waals surface area contributed by atoms with E-state index in [0.29, 0.717) is 25.5 Å². The number of hydrogen-bond acceptors (Lipinski definition) is 4. The van der Waals surface area contributed by atoms with E-state index in [0.717, 1.165) is 12.3 Å². The van der Waals surface area contributed by atoms with Gasteiger partial charge in [-0.2, -0.15) is 26.3 Å². The number of halogens is 6. The molecule has 3 rings (SSSR count). The summed E-state index contributed by atoms with van der Waals surface area (Å²) in [5.74, 6) is 0.362. The molecule has 0 aliphatic carbocycles. The maximum atomic E-state index is 13.0. The fraction of sp³-hybridized carbons (Fsp3) is 0.706. The van der Waals surface area contributed by atoms with Gasteiger partial charge in [0.25, 0.3) is 0 Å². The Kier molecular flexibility index (Phi) is 5.33. The minimum absolute atomic E-state index is 0.125. The molecule has 1 atom stereocenters. The number of nitrogens with zero attached hydrogens (tertiary/aromatic N) is 4. The van der Waals surface area contributed by atoms with Gasteiger partial charge in [-0.15, -0.1) is 0 Å². The van der Waals surface area contributed by atoms with E-state index in [2.05, 4.69) is 9.88 Å². The van der Waals surface area contributed by atoms with Crippen LogP contribution in [0.5, 0.6) is 0 Å². The van der Waals surface area contributed by atoms with Crippen LogP contribution >= 0.6 is 0 Å². The molecular formula is C17H22F6N4. The molecule has 0 amide bonds. The van der Waals surface area contributed by atoms with Gasteiger partial charge in [0.2, 0.25) is 0 Å². The van der Waals surface area contributed by atoms with Gasteiger partial charge in [0.1, 0.15) is 5.82 Å². The Morgan fingerprint density at radius 1 is 1.11 bits per heavy atom. The van der Waals surface area contributed by atoms with Gasteiger partial charge in [-0.1, -0.05) is 0 Å². The zero-order valence-corrected chi connectivity index (χ0v) is 15.1. The quantitative estimate of drug-likeness (QED) is 0.715.